The quantitative estimate of drug-likeness (QED) is 0.553. The van der Waals surface area contributed by atoms with Crippen LogP contribution in [0.4, 0.5) is 10.1 Å². The SMILES string of the molecule is Nc1ccc(O)c(-c2cccc(F)c2)c1. The number of aromatic hydroxyl groups is 1. The lowest BCUT2D eigenvalue weighted by Gasteiger charge is -2.05. The zero-order valence-electron chi connectivity index (χ0n) is 7.94. The third-order valence-electron chi connectivity index (χ3n) is 2.16. The van der Waals surface area contributed by atoms with Gasteiger partial charge in [0.05, 0.1) is 0 Å². The van der Waals surface area contributed by atoms with Crippen LogP contribution in [0.15, 0.2) is 42.5 Å². The molecule has 3 N–H and O–H groups in total. The van der Waals surface area contributed by atoms with Crippen LogP contribution in [0.5, 0.6) is 5.75 Å². The zero-order chi connectivity index (χ0) is 10.8. The Balaban J connectivity index is 2.58. The molecule has 0 atom stereocenters. The summed E-state index contributed by atoms with van der Waals surface area (Å²) >= 11 is 0. The van der Waals surface area contributed by atoms with E-state index in [-0.39, 0.29) is 11.6 Å². The van der Waals surface area contributed by atoms with E-state index in [9.17, 15) is 9.50 Å². The highest BCUT2D eigenvalue weighted by atomic mass is 19.1. The Bertz CT molecular complexity index is 497. The lowest BCUT2D eigenvalue weighted by Crippen LogP contribution is -1.86. The number of hydrogen-bond donors (Lipinski definition) is 2. The van der Waals surface area contributed by atoms with Crippen molar-refractivity contribution in [3.05, 3.63) is 48.3 Å². The standard InChI is InChI=1S/C12H10FNO/c13-9-3-1-2-8(6-9)11-7-10(14)4-5-12(11)15/h1-7,15H,14H2. The van der Waals surface area contributed by atoms with Crippen molar-refractivity contribution in [2.45, 2.75) is 0 Å². The van der Waals surface area contributed by atoms with E-state index in [0.717, 1.165) is 0 Å². The summed E-state index contributed by atoms with van der Waals surface area (Å²) < 4.78 is 13.0. The number of benzene rings is 2. The molecule has 3 heteroatoms. The van der Waals surface area contributed by atoms with Gasteiger partial charge in [0.25, 0.3) is 0 Å². The van der Waals surface area contributed by atoms with Crippen LogP contribution in [0.1, 0.15) is 0 Å². The van der Waals surface area contributed by atoms with Gasteiger partial charge in [-0.15, -0.1) is 0 Å². The molecule has 0 heterocycles. The molecule has 0 spiro atoms. The van der Waals surface area contributed by atoms with Crippen LogP contribution < -0.4 is 5.73 Å². The molecule has 0 saturated heterocycles. The first-order chi connectivity index (χ1) is 7.16. The molecule has 0 bridgehead atoms. The van der Waals surface area contributed by atoms with E-state index in [0.29, 0.717) is 16.8 Å². The van der Waals surface area contributed by atoms with Gasteiger partial charge in [0.1, 0.15) is 11.6 Å². The van der Waals surface area contributed by atoms with Crippen LogP contribution in [0, 0.1) is 5.82 Å². The van der Waals surface area contributed by atoms with Crippen molar-refractivity contribution in [2.24, 2.45) is 0 Å². The monoisotopic (exact) mass is 203 g/mol. The minimum atomic E-state index is -0.339. The fourth-order valence-corrected chi connectivity index (χ4v) is 1.44. The second-order valence-electron chi connectivity index (χ2n) is 3.29. The van der Waals surface area contributed by atoms with E-state index in [1.54, 1.807) is 24.3 Å². The lowest BCUT2D eigenvalue weighted by atomic mass is 10.0. The highest BCUT2D eigenvalue weighted by Gasteiger charge is 2.05. The molecule has 0 aliphatic carbocycles. The van der Waals surface area contributed by atoms with Gasteiger partial charge in [-0.2, -0.15) is 0 Å². The van der Waals surface area contributed by atoms with E-state index in [4.69, 9.17) is 5.73 Å². The van der Waals surface area contributed by atoms with Gasteiger partial charge in [-0.25, -0.2) is 4.39 Å². The van der Waals surface area contributed by atoms with Gasteiger partial charge in [0.15, 0.2) is 0 Å². The zero-order valence-corrected chi connectivity index (χ0v) is 7.94. The summed E-state index contributed by atoms with van der Waals surface area (Å²) in [6.07, 6.45) is 0. The minimum Gasteiger partial charge on any atom is -0.507 e. The normalized spacial score (nSPS) is 10.2. The summed E-state index contributed by atoms with van der Waals surface area (Å²) in [5.74, 6) is -0.246. The molecule has 76 valence electrons. The average molecular weight is 203 g/mol. The molecule has 2 aromatic carbocycles. The Hall–Kier alpha value is -2.03. The molecule has 2 rings (SSSR count). The molecule has 15 heavy (non-hydrogen) atoms. The van der Waals surface area contributed by atoms with Crippen molar-refractivity contribution in [3.63, 3.8) is 0 Å². The average Bonchev–Trinajstić information content (AvgIpc) is 2.22. The number of nitrogens with two attached hydrogens (primary N) is 1. The second kappa shape index (κ2) is 3.61. The maximum atomic E-state index is 13.0. The first kappa shape index (κ1) is 9.52. The molecule has 0 fully saturated rings. The molecule has 2 aromatic rings. The fourth-order valence-electron chi connectivity index (χ4n) is 1.44. The van der Waals surface area contributed by atoms with Gasteiger partial charge in [0.2, 0.25) is 0 Å². The molecular weight excluding hydrogens is 193 g/mol. The molecule has 0 aliphatic rings. The third-order valence-corrected chi connectivity index (χ3v) is 2.16. The number of phenolic OH excluding ortho intramolecular Hbond substituents is 1. The summed E-state index contributed by atoms with van der Waals surface area (Å²) in [6, 6.07) is 10.7. The maximum absolute atomic E-state index is 13.0. The van der Waals surface area contributed by atoms with Crippen molar-refractivity contribution < 1.29 is 9.50 Å². The van der Waals surface area contributed by atoms with E-state index in [1.165, 1.54) is 18.2 Å². The molecule has 0 radical (unpaired) electrons. The van der Waals surface area contributed by atoms with Gasteiger partial charge in [0, 0.05) is 11.3 Å². The van der Waals surface area contributed by atoms with Gasteiger partial charge in [-0.3, -0.25) is 0 Å². The smallest absolute Gasteiger partial charge is 0.123 e. The number of rotatable bonds is 1. The Labute approximate surface area is 86.8 Å². The van der Waals surface area contributed by atoms with E-state index >= 15 is 0 Å². The van der Waals surface area contributed by atoms with Crippen LogP contribution in [0.2, 0.25) is 0 Å². The Morgan fingerprint density at radius 1 is 1.07 bits per heavy atom. The second-order valence-corrected chi connectivity index (χ2v) is 3.29. The predicted octanol–water partition coefficient (Wildman–Crippen LogP) is 2.78. The number of halogens is 1. The maximum Gasteiger partial charge on any atom is 0.123 e. The molecule has 0 aliphatic heterocycles. The van der Waals surface area contributed by atoms with Gasteiger partial charge < -0.3 is 10.8 Å². The van der Waals surface area contributed by atoms with Crippen molar-refractivity contribution in [1.82, 2.24) is 0 Å². The predicted molar refractivity (Wildman–Crippen MR) is 57.9 cm³/mol. The number of anilines is 1. The summed E-state index contributed by atoms with van der Waals surface area (Å²) in [4.78, 5) is 0. The van der Waals surface area contributed by atoms with Crippen LogP contribution in [0.25, 0.3) is 11.1 Å². The molecular formula is C12H10FNO. The van der Waals surface area contributed by atoms with Crippen LogP contribution in [-0.4, -0.2) is 5.11 Å². The van der Waals surface area contributed by atoms with Gasteiger partial charge >= 0.3 is 0 Å². The summed E-state index contributed by atoms with van der Waals surface area (Å²) in [6.45, 7) is 0. The molecule has 0 saturated carbocycles. The fraction of sp³-hybridized carbons (Fsp3) is 0. The number of nitrogen functional groups attached to an aromatic ring is 1. The van der Waals surface area contributed by atoms with Crippen molar-refractivity contribution in [2.75, 3.05) is 5.73 Å². The van der Waals surface area contributed by atoms with E-state index < -0.39 is 0 Å². The van der Waals surface area contributed by atoms with Crippen molar-refractivity contribution in [1.29, 1.82) is 0 Å². The first-order valence-corrected chi connectivity index (χ1v) is 4.51. The van der Waals surface area contributed by atoms with Gasteiger partial charge in [-0.05, 0) is 35.9 Å². The highest BCUT2D eigenvalue weighted by molar-refractivity contribution is 5.73. The van der Waals surface area contributed by atoms with Crippen molar-refractivity contribution >= 4 is 5.69 Å². The lowest BCUT2D eigenvalue weighted by molar-refractivity contribution is 0.477. The molecule has 2 nitrogen and oxygen atoms in total. The summed E-state index contributed by atoms with van der Waals surface area (Å²) in [5.41, 5.74) is 7.28. The van der Waals surface area contributed by atoms with Crippen LogP contribution >= 0.6 is 0 Å². The minimum absolute atomic E-state index is 0.0924. The summed E-state index contributed by atoms with van der Waals surface area (Å²) in [7, 11) is 0. The number of phenols is 1. The topological polar surface area (TPSA) is 46.2 Å². The van der Waals surface area contributed by atoms with Crippen LogP contribution in [0.3, 0.4) is 0 Å². The van der Waals surface area contributed by atoms with Gasteiger partial charge in [-0.1, -0.05) is 12.1 Å². The molecule has 0 aromatic heterocycles. The summed E-state index contributed by atoms with van der Waals surface area (Å²) in [5, 5.41) is 9.60. The largest absolute Gasteiger partial charge is 0.507 e. The van der Waals surface area contributed by atoms with Crippen LogP contribution in [-0.2, 0) is 0 Å². The first-order valence-electron chi connectivity index (χ1n) is 4.51. The van der Waals surface area contributed by atoms with E-state index in [1.807, 2.05) is 0 Å². The van der Waals surface area contributed by atoms with E-state index in [2.05, 4.69) is 0 Å². The number of hydrogen-bond acceptors (Lipinski definition) is 2. The van der Waals surface area contributed by atoms with Crippen molar-refractivity contribution in [3.8, 4) is 16.9 Å². The Morgan fingerprint density at radius 3 is 2.60 bits per heavy atom. The highest BCUT2D eigenvalue weighted by Crippen LogP contribution is 2.30. The Kier molecular flexibility index (Phi) is 2.29. The molecule has 0 unspecified atom stereocenters. The Morgan fingerprint density at radius 2 is 1.87 bits per heavy atom. The third kappa shape index (κ3) is 1.91. The molecule has 0 amide bonds.